The van der Waals surface area contributed by atoms with E-state index >= 15 is 0 Å². The van der Waals surface area contributed by atoms with Crippen LogP contribution in [0.4, 0.5) is 10.1 Å². The van der Waals surface area contributed by atoms with Gasteiger partial charge in [0.15, 0.2) is 0 Å². The molecule has 0 spiro atoms. The second-order valence-electron chi connectivity index (χ2n) is 6.84. The van der Waals surface area contributed by atoms with E-state index in [1.807, 2.05) is 19.1 Å². The van der Waals surface area contributed by atoms with Crippen molar-refractivity contribution in [2.45, 2.75) is 26.0 Å². The van der Waals surface area contributed by atoms with Gasteiger partial charge in [0.1, 0.15) is 5.82 Å². The molecule has 1 fully saturated rings. The van der Waals surface area contributed by atoms with Gasteiger partial charge in [-0.15, -0.1) is 0 Å². The van der Waals surface area contributed by atoms with E-state index in [1.54, 1.807) is 18.2 Å². The van der Waals surface area contributed by atoms with Crippen LogP contribution in [0.2, 0.25) is 0 Å². The van der Waals surface area contributed by atoms with Crippen LogP contribution in [0.3, 0.4) is 0 Å². The van der Waals surface area contributed by atoms with Crippen molar-refractivity contribution >= 4 is 17.7 Å². The zero-order valence-corrected chi connectivity index (χ0v) is 15.7. The number of benzene rings is 2. The Morgan fingerprint density at radius 1 is 1.30 bits per heavy atom. The van der Waals surface area contributed by atoms with E-state index in [9.17, 15) is 9.18 Å². The lowest BCUT2D eigenvalue weighted by Gasteiger charge is -2.33. The lowest BCUT2D eigenvalue weighted by Crippen LogP contribution is -2.41. The Morgan fingerprint density at radius 3 is 2.89 bits per heavy atom. The third kappa shape index (κ3) is 5.41. The van der Waals surface area contributed by atoms with Crippen molar-refractivity contribution in [1.82, 2.24) is 5.32 Å². The van der Waals surface area contributed by atoms with Gasteiger partial charge in [-0.1, -0.05) is 24.3 Å². The fraction of sp³-hybridized carbons (Fsp3) is 0.318. The van der Waals surface area contributed by atoms with Crippen LogP contribution in [0.5, 0.6) is 0 Å². The molecular weight excluding hydrogens is 343 g/mol. The van der Waals surface area contributed by atoms with Gasteiger partial charge in [0.25, 0.3) is 0 Å². The van der Waals surface area contributed by atoms with Crippen LogP contribution in [0.15, 0.2) is 54.6 Å². The Labute approximate surface area is 159 Å². The molecule has 1 aliphatic heterocycles. The zero-order chi connectivity index (χ0) is 19.2. The molecule has 0 bridgehead atoms. The highest BCUT2D eigenvalue weighted by Crippen LogP contribution is 2.22. The smallest absolute Gasteiger partial charge is 0.244 e. The second-order valence-corrected chi connectivity index (χ2v) is 6.84. The van der Waals surface area contributed by atoms with Gasteiger partial charge in [-0.25, -0.2) is 4.39 Å². The van der Waals surface area contributed by atoms with Crippen LogP contribution < -0.4 is 10.2 Å². The van der Waals surface area contributed by atoms with Crippen molar-refractivity contribution in [3.8, 4) is 0 Å². The zero-order valence-electron chi connectivity index (χ0n) is 15.7. The number of carbonyl (C=O) groups excluding carboxylic acids is 1. The summed E-state index contributed by atoms with van der Waals surface area (Å²) in [7, 11) is 0. The number of hydrogen-bond acceptors (Lipinski definition) is 3. The molecular formula is C22H25FN2O2. The fourth-order valence-corrected chi connectivity index (χ4v) is 3.17. The van der Waals surface area contributed by atoms with Crippen LogP contribution in [-0.2, 0) is 9.53 Å². The summed E-state index contributed by atoms with van der Waals surface area (Å²) in [5, 5.41) is 2.96. The molecule has 4 nitrogen and oxygen atoms in total. The third-order valence-electron chi connectivity index (χ3n) is 4.61. The molecule has 1 N–H and O–H groups in total. The van der Waals surface area contributed by atoms with Crippen molar-refractivity contribution in [2.75, 3.05) is 24.6 Å². The van der Waals surface area contributed by atoms with Gasteiger partial charge >= 0.3 is 0 Å². The van der Waals surface area contributed by atoms with Crippen molar-refractivity contribution in [3.05, 3.63) is 71.6 Å². The lowest BCUT2D eigenvalue weighted by atomic mass is 10.1. The highest BCUT2D eigenvalue weighted by molar-refractivity contribution is 5.92. The fourth-order valence-electron chi connectivity index (χ4n) is 3.17. The first-order valence-corrected chi connectivity index (χ1v) is 9.22. The molecule has 3 rings (SSSR count). The maximum atomic E-state index is 13.2. The van der Waals surface area contributed by atoms with Crippen LogP contribution in [0.1, 0.15) is 31.0 Å². The van der Waals surface area contributed by atoms with Gasteiger partial charge in [0.2, 0.25) is 5.91 Å². The number of halogens is 1. The van der Waals surface area contributed by atoms with E-state index in [4.69, 9.17) is 4.74 Å². The summed E-state index contributed by atoms with van der Waals surface area (Å²) in [6, 6.07) is 14.2. The van der Waals surface area contributed by atoms with Gasteiger partial charge in [-0.2, -0.15) is 0 Å². The minimum Gasteiger partial charge on any atom is -0.375 e. The molecule has 142 valence electrons. The Kier molecular flexibility index (Phi) is 6.24. The Bertz CT molecular complexity index is 821. The summed E-state index contributed by atoms with van der Waals surface area (Å²) >= 11 is 0. The van der Waals surface area contributed by atoms with Crippen LogP contribution in [-0.4, -0.2) is 31.7 Å². The summed E-state index contributed by atoms with van der Waals surface area (Å²) in [5.74, 6) is -0.530. The van der Waals surface area contributed by atoms with Crippen molar-refractivity contribution in [1.29, 1.82) is 0 Å². The van der Waals surface area contributed by atoms with Gasteiger partial charge in [0.05, 0.1) is 18.8 Å². The van der Waals surface area contributed by atoms with E-state index in [1.165, 1.54) is 18.2 Å². The normalized spacial score (nSPS) is 18.5. The molecule has 0 saturated carbocycles. The molecule has 27 heavy (non-hydrogen) atoms. The van der Waals surface area contributed by atoms with Crippen LogP contribution >= 0.6 is 0 Å². The summed E-state index contributed by atoms with van der Waals surface area (Å²) in [6.45, 7) is 6.48. The summed E-state index contributed by atoms with van der Waals surface area (Å²) in [6.07, 6.45) is 3.25. The van der Waals surface area contributed by atoms with Gasteiger partial charge in [-0.3, -0.25) is 4.79 Å². The molecule has 0 aliphatic carbocycles. The Morgan fingerprint density at radius 2 is 2.11 bits per heavy atom. The standard InChI is InChI=1S/C22H25FN2O2/c1-16-15-25(11-12-27-16)21-8-4-6-19(14-21)17(2)24-22(26)10-9-18-5-3-7-20(23)13-18/h3-10,13-14,16-17H,11-12,15H2,1-2H3,(H,24,26)/b10-9+/t16?,17-/m0/s1. The molecule has 0 radical (unpaired) electrons. The third-order valence-corrected chi connectivity index (χ3v) is 4.61. The van der Waals surface area contributed by atoms with E-state index in [0.717, 1.165) is 30.9 Å². The number of ether oxygens (including phenoxy) is 1. The van der Waals surface area contributed by atoms with Crippen LogP contribution in [0.25, 0.3) is 6.08 Å². The quantitative estimate of drug-likeness (QED) is 0.813. The largest absolute Gasteiger partial charge is 0.375 e. The van der Waals surface area contributed by atoms with Gasteiger partial charge < -0.3 is 15.0 Å². The van der Waals surface area contributed by atoms with E-state index in [-0.39, 0.29) is 23.9 Å². The highest BCUT2D eigenvalue weighted by Gasteiger charge is 2.18. The van der Waals surface area contributed by atoms with E-state index < -0.39 is 0 Å². The number of carbonyl (C=O) groups is 1. The summed E-state index contributed by atoms with van der Waals surface area (Å²) in [5.41, 5.74) is 2.83. The second kappa shape index (κ2) is 8.82. The highest BCUT2D eigenvalue weighted by atomic mass is 19.1. The number of anilines is 1. The molecule has 1 saturated heterocycles. The monoisotopic (exact) mass is 368 g/mol. The molecule has 0 aromatic heterocycles. The maximum Gasteiger partial charge on any atom is 0.244 e. The number of rotatable bonds is 5. The van der Waals surface area contributed by atoms with Crippen molar-refractivity contribution in [3.63, 3.8) is 0 Å². The SMILES string of the molecule is CC1CN(c2cccc([C@H](C)NC(=O)/C=C/c3cccc(F)c3)c2)CCO1. The summed E-state index contributed by atoms with van der Waals surface area (Å²) in [4.78, 5) is 14.5. The van der Waals surface area contributed by atoms with Crippen molar-refractivity contribution in [2.24, 2.45) is 0 Å². The molecule has 5 heteroatoms. The molecule has 2 aromatic rings. The average Bonchev–Trinajstić information content (AvgIpc) is 2.66. The predicted octanol–water partition coefficient (Wildman–Crippen LogP) is 3.94. The predicted molar refractivity (Wildman–Crippen MR) is 106 cm³/mol. The minimum absolute atomic E-state index is 0.131. The topological polar surface area (TPSA) is 41.6 Å². The van der Waals surface area contributed by atoms with E-state index in [2.05, 4.69) is 29.3 Å². The van der Waals surface area contributed by atoms with E-state index in [0.29, 0.717) is 5.56 Å². The lowest BCUT2D eigenvalue weighted by molar-refractivity contribution is -0.117. The number of nitrogens with zero attached hydrogens (tertiary/aromatic N) is 1. The number of amides is 1. The first kappa shape index (κ1) is 19.1. The maximum absolute atomic E-state index is 13.2. The minimum atomic E-state index is -0.319. The average molecular weight is 368 g/mol. The van der Waals surface area contributed by atoms with Crippen molar-refractivity contribution < 1.29 is 13.9 Å². The molecule has 1 unspecified atom stereocenters. The molecule has 2 aromatic carbocycles. The number of hydrogen-bond donors (Lipinski definition) is 1. The first-order chi connectivity index (χ1) is 13.0. The van der Waals surface area contributed by atoms with Crippen LogP contribution in [0, 0.1) is 5.82 Å². The first-order valence-electron chi connectivity index (χ1n) is 9.22. The van der Waals surface area contributed by atoms with Gasteiger partial charge in [0, 0.05) is 24.9 Å². The molecule has 2 atom stereocenters. The molecule has 1 heterocycles. The number of nitrogens with one attached hydrogen (secondary N) is 1. The molecule has 1 aliphatic rings. The van der Waals surface area contributed by atoms with Gasteiger partial charge in [-0.05, 0) is 55.3 Å². The molecule has 1 amide bonds. The number of morpholine rings is 1. The Hall–Kier alpha value is -2.66. The Balaban J connectivity index is 1.62. The summed E-state index contributed by atoms with van der Waals surface area (Å²) < 4.78 is 18.8.